The van der Waals surface area contributed by atoms with Crippen molar-refractivity contribution in [3.8, 4) is 5.75 Å². The molecule has 0 saturated carbocycles. The summed E-state index contributed by atoms with van der Waals surface area (Å²) in [6.45, 7) is 0.354. The van der Waals surface area contributed by atoms with Crippen molar-refractivity contribution in [2.24, 2.45) is 0 Å². The number of esters is 1. The Labute approximate surface area is 140 Å². The highest BCUT2D eigenvalue weighted by Crippen LogP contribution is 2.26. The van der Waals surface area contributed by atoms with Crippen molar-refractivity contribution in [1.82, 2.24) is 0 Å². The van der Waals surface area contributed by atoms with Crippen molar-refractivity contribution in [1.29, 1.82) is 0 Å². The first kappa shape index (κ1) is 16.1. The van der Waals surface area contributed by atoms with E-state index in [4.69, 9.17) is 9.47 Å². The maximum absolute atomic E-state index is 12.5. The van der Waals surface area contributed by atoms with Gasteiger partial charge >= 0.3 is 5.97 Å². The van der Waals surface area contributed by atoms with Gasteiger partial charge in [0.15, 0.2) is 6.61 Å². The Balaban J connectivity index is 1.67. The first-order chi connectivity index (χ1) is 11.7. The van der Waals surface area contributed by atoms with Crippen LogP contribution in [0.15, 0.2) is 48.5 Å². The minimum Gasteiger partial charge on any atom is -0.496 e. The van der Waals surface area contributed by atoms with E-state index in [1.807, 2.05) is 24.3 Å². The summed E-state index contributed by atoms with van der Waals surface area (Å²) < 4.78 is 10.3. The van der Waals surface area contributed by atoms with E-state index in [2.05, 4.69) is 0 Å². The van der Waals surface area contributed by atoms with Crippen LogP contribution in [0.2, 0.25) is 0 Å². The lowest BCUT2D eigenvalue weighted by molar-refractivity contribution is -0.121. The van der Waals surface area contributed by atoms with Crippen LogP contribution >= 0.6 is 0 Å². The summed E-state index contributed by atoms with van der Waals surface area (Å²) >= 11 is 0. The average molecular weight is 325 g/mol. The van der Waals surface area contributed by atoms with Gasteiger partial charge in [-0.1, -0.05) is 30.3 Å². The molecule has 124 valence electrons. The van der Waals surface area contributed by atoms with Crippen LogP contribution in [0.25, 0.3) is 0 Å². The molecule has 1 aliphatic rings. The van der Waals surface area contributed by atoms with Crippen molar-refractivity contribution < 1.29 is 19.1 Å². The molecule has 3 rings (SSSR count). The molecule has 5 nitrogen and oxygen atoms in total. The zero-order valence-electron chi connectivity index (χ0n) is 13.5. The van der Waals surface area contributed by atoms with Crippen LogP contribution < -0.4 is 9.64 Å². The number of nitrogens with zero attached hydrogens (tertiary/aromatic N) is 1. The molecule has 1 heterocycles. The average Bonchev–Trinajstić information content (AvgIpc) is 2.65. The molecule has 0 aliphatic carbocycles. The molecule has 2 aromatic carbocycles. The Bertz CT molecular complexity index is 757. The Kier molecular flexibility index (Phi) is 4.79. The number of benzene rings is 2. The molecule has 1 amide bonds. The van der Waals surface area contributed by atoms with E-state index >= 15 is 0 Å². The summed E-state index contributed by atoms with van der Waals surface area (Å²) in [5, 5.41) is 0. The molecule has 0 atom stereocenters. The number of methoxy groups -OCH3 is 1. The van der Waals surface area contributed by atoms with E-state index in [-0.39, 0.29) is 12.5 Å². The summed E-state index contributed by atoms with van der Waals surface area (Å²) in [6, 6.07) is 14.6. The monoisotopic (exact) mass is 325 g/mol. The Hall–Kier alpha value is -2.82. The largest absolute Gasteiger partial charge is 0.496 e. The number of anilines is 1. The number of ether oxygens (including phenoxy) is 2. The molecule has 0 spiro atoms. The van der Waals surface area contributed by atoms with Gasteiger partial charge in [0.25, 0.3) is 5.91 Å². The van der Waals surface area contributed by atoms with Crippen LogP contribution in [0.3, 0.4) is 0 Å². The zero-order chi connectivity index (χ0) is 16.9. The second kappa shape index (κ2) is 7.17. The molecular weight excluding hydrogens is 306 g/mol. The number of carbonyl (C=O) groups is 2. The molecule has 0 N–H and O–H groups in total. The fourth-order valence-corrected chi connectivity index (χ4v) is 2.89. The molecule has 0 unspecified atom stereocenters. The SMILES string of the molecule is COc1ccccc1C(=O)OCC(=O)N1CCCc2ccccc21. The van der Waals surface area contributed by atoms with E-state index in [9.17, 15) is 9.59 Å². The van der Waals surface area contributed by atoms with Gasteiger partial charge in [-0.25, -0.2) is 4.79 Å². The van der Waals surface area contributed by atoms with Crippen molar-refractivity contribution in [2.45, 2.75) is 12.8 Å². The van der Waals surface area contributed by atoms with Crippen molar-refractivity contribution in [3.63, 3.8) is 0 Å². The van der Waals surface area contributed by atoms with Crippen molar-refractivity contribution in [3.05, 3.63) is 59.7 Å². The molecule has 5 heteroatoms. The van der Waals surface area contributed by atoms with Gasteiger partial charge in [-0.3, -0.25) is 4.79 Å². The second-order valence-corrected chi connectivity index (χ2v) is 5.55. The van der Waals surface area contributed by atoms with E-state index in [0.29, 0.717) is 17.9 Å². The number of amides is 1. The van der Waals surface area contributed by atoms with Gasteiger partial charge in [0.1, 0.15) is 11.3 Å². The third kappa shape index (κ3) is 3.25. The molecule has 24 heavy (non-hydrogen) atoms. The predicted molar refractivity (Wildman–Crippen MR) is 90.4 cm³/mol. The minimum atomic E-state index is -0.564. The van der Waals surface area contributed by atoms with Gasteiger partial charge in [-0.15, -0.1) is 0 Å². The predicted octanol–water partition coefficient (Wildman–Crippen LogP) is 2.83. The van der Waals surface area contributed by atoms with Gasteiger partial charge < -0.3 is 14.4 Å². The first-order valence-corrected chi connectivity index (χ1v) is 7.89. The number of para-hydroxylation sites is 2. The summed E-state index contributed by atoms with van der Waals surface area (Å²) in [5.74, 6) is -0.352. The molecule has 0 fully saturated rings. The fourth-order valence-electron chi connectivity index (χ4n) is 2.89. The van der Waals surface area contributed by atoms with Gasteiger partial charge in [0, 0.05) is 12.2 Å². The van der Waals surface area contributed by atoms with E-state index < -0.39 is 5.97 Å². The van der Waals surface area contributed by atoms with Crippen molar-refractivity contribution in [2.75, 3.05) is 25.2 Å². The summed E-state index contributed by atoms with van der Waals surface area (Å²) in [7, 11) is 1.49. The number of fused-ring (bicyclic) bond motifs is 1. The molecule has 1 aliphatic heterocycles. The van der Waals surface area contributed by atoms with E-state index in [0.717, 1.165) is 24.1 Å². The highest BCUT2D eigenvalue weighted by molar-refractivity contribution is 5.98. The van der Waals surface area contributed by atoms with Crippen LogP contribution in [0, 0.1) is 0 Å². The lowest BCUT2D eigenvalue weighted by Gasteiger charge is -2.29. The number of hydrogen-bond donors (Lipinski definition) is 0. The highest BCUT2D eigenvalue weighted by Gasteiger charge is 2.23. The zero-order valence-corrected chi connectivity index (χ0v) is 13.5. The number of rotatable bonds is 4. The van der Waals surface area contributed by atoms with Gasteiger partial charge in [-0.05, 0) is 36.6 Å². The maximum atomic E-state index is 12.5. The topological polar surface area (TPSA) is 55.8 Å². The molecule has 0 bridgehead atoms. The summed E-state index contributed by atoms with van der Waals surface area (Å²) in [5.41, 5.74) is 2.36. The first-order valence-electron chi connectivity index (χ1n) is 7.89. The van der Waals surface area contributed by atoms with Crippen LogP contribution in [-0.2, 0) is 16.0 Å². The third-order valence-electron chi connectivity index (χ3n) is 4.06. The number of carbonyl (C=O) groups excluding carboxylic acids is 2. The standard InChI is InChI=1S/C19H19NO4/c1-23-17-11-5-3-9-15(17)19(22)24-13-18(21)20-12-6-8-14-7-2-4-10-16(14)20/h2-5,7,9-11H,6,8,12-13H2,1H3. The second-order valence-electron chi connectivity index (χ2n) is 5.55. The minimum absolute atomic E-state index is 0.217. The summed E-state index contributed by atoms with van der Waals surface area (Å²) in [6.07, 6.45) is 1.87. The molecule has 0 saturated heterocycles. The van der Waals surface area contributed by atoms with Gasteiger partial charge in [-0.2, -0.15) is 0 Å². The molecule has 0 aromatic heterocycles. The van der Waals surface area contributed by atoms with E-state index in [1.165, 1.54) is 7.11 Å². The van der Waals surface area contributed by atoms with Gasteiger partial charge in [0.2, 0.25) is 0 Å². The maximum Gasteiger partial charge on any atom is 0.342 e. The highest BCUT2D eigenvalue weighted by atomic mass is 16.5. The summed E-state index contributed by atoms with van der Waals surface area (Å²) in [4.78, 5) is 26.3. The normalized spacial score (nSPS) is 13.1. The Morgan fingerprint density at radius 1 is 1.08 bits per heavy atom. The Morgan fingerprint density at radius 3 is 2.67 bits per heavy atom. The lowest BCUT2D eigenvalue weighted by atomic mass is 10.0. The number of aryl methyl sites for hydroxylation is 1. The molecular formula is C19H19NO4. The lowest BCUT2D eigenvalue weighted by Crippen LogP contribution is -2.38. The smallest absolute Gasteiger partial charge is 0.342 e. The van der Waals surface area contributed by atoms with Crippen LogP contribution in [0.1, 0.15) is 22.3 Å². The van der Waals surface area contributed by atoms with Crippen LogP contribution in [0.5, 0.6) is 5.75 Å². The Morgan fingerprint density at radius 2 is 1.83 bits per heavy atom. The molecule has 2 aromatic rings. The van der Waals surface area contributed by atoms with Crippen molar-refractivity contribution >= 4 is 17.6 Å². The molecule has 0 radical (unpaired) electrons. The van der Waals surface area contributed by atoms with E-state index in [1.54, 1.807) is 29.2 Å². The fraction of sp³-hybridized carbons (Fsp3) is 0.263. The van der Waals surface area contributed by atoms with Crippen LogP contribution in [-0.4, -0.2) is 32.1 Å². The number of hydrogen-bond acceptors (Lipinski definition) is 4. The quantitative estimate of drug-likeness (QED) is 0.811. The third-order valence-corrected chi connectivity index (χ3v) is 4.06. The van der Waals surface area contributed by atoms with Crippen LogP contribution in [0.4, 0.5) is 5.69 Å². The van der Waals surface area contributed by atoms with Gasteiger partial charge in [0.05, 0.1) is 7.11 Å².